The Hall–Kier alpha value is -2.62. The summed E-state index contributed by atoms with van der Waals surface area (Å²) in [6.07, 6.45) is 2.73. The van der Waals surface area contributed by atoms with E-state index in [0.717, 1.165) is 41.4 Å². The van der Waals surface area contributed by atoms with Crippen LogP contribution in [0.1, 0.15) is 30.1 Å². The van der Waals surface area contributed by atoms with Crippen molar-refractivity contribution in [2.24, 2.45) is 5.18 Å². The van der Waals surface area contributed by atoms with Crippen LogP contribution in [0.4, 0.5) is 0 Å². The first-order chi connectivity index (χ1) is 10.8. The Morgan fingerprint density at radius 2 is 1.86 bits per heavy atom. The summed E-state index contributed by atoms with van der Waals surface area (Å²) in [5, 5.41) is 14.0. The minimum atomic E-state index is -0.257. The highest BCUT2D eigenvalue weighted by atomic mass is 16.3. The van der Waals surface area contributed by atoms with Gasteiger partial charge in [-0.3, -0.25) is 0 Å². The molecule has 2 aromatic carbocycles. The number of rotatable bonds is 2. The summed E-state index contributed by atoms with van der Waals surface area (Å²) >= 11 is 0. The van der Waals surface area contributed by atoms with E-state index in [1.54, 1.807) is 12.1 Å². The Morgan fingerprint density at radius 1 is 1.09 bits per heavy atom. The molecule has 1 N–H and O–H groups in total. The average Bonchev–Trinajstić information content (AvgIpc) is 2.90. The van der Waals surface area contributed by atoms with E-state index in [1.807, 2.05) is 24.3 Å². The van der Waals surface area contributed by atoms with E-state index in [4.69, 9.17) is 0 Å². The average molecular weight is 292 g/mol. The van der Waals surface area contributed by atoms with Crippen molar-refractivity contribution in [3.05, 3.63) is 64.7 Å². The highest BCUT2D eigenvalue weighted by molar-refractivity contribution is 5.88. The number of aromatic hydroxyl groups is 1. The molecule has 0 bridgehead atoms. The highest BCUT2D eigenvalue weighted by Crippen LogP contribution is 2.41. The second-order valence-corrected chi connectivity index (χ2v) is 5.74. The molecule has 1 aliphatic carbocycles. The zero-order valence-corrected chi connectivity index (χ0v) is 12.1. The van der Waals surface area contributed by atoms with E-state index in [1.165, 1.54) is 5.69 Å². The van der Waals surface area contributed by atoms with Crippen LogP contribution in [0.3, 0.4) is 0 Å². The smallest absolute Gasteiger partial charge is 0.119 e. The normalized spacial score (nSPS) is 17.4. The van der Waals surface area contributed by atoms with Crippen molar-refractivity contribution < 1.29 is 5.11 Å². The number of benzene rings is 2. The number of fused-ring (bicyclic) bond motifs is 3. The Morgan fingerprint density at radius 3 is 2.64 bits per heavy atom. The number of aromatic nitrogens is 1. The first-order valence-electron chi connectivity index (χ1n) is 7.53. The van der Waals surface area contributed by atoms with Crippen LogP contribution in [0.2, 0.25) is 0 Å². The van der Waals surface area contributed by atoms with Crippen molar-refractivity contribution in [3.8, 4) is 11.4 Å². The number of phenolic OH excluding ortho intramolecular Hbond substituents is 1. The summed E-state index contributed by atoms with van der Waals surface area (Å²) in [5.74, 6) is 0.251. The molecule has 3 aromatic rings. The molecule has 0 saturated carbocycles. The number of para-hydroxylation sites is 1. The van der Waals surface area contributed by atoms with Gasteiger partial charge in [-0.25, -0.2) is 0 Å². The van der Waals surface area contributed by atoms with E-state index in [0.29, 0.717) is 0 Å². The number of hydrogen-bond acceptors (Lipinski definition) is 3. The number of nitroso groups, excluding NO2 is 1. The molecule has 4 nitrogen and oxygen atoms in total. The topological polar surface area (TPSA) is 54.6 Å². The van der Waals surface area contributed by atoms with Crippen LogP contribution < -0.4 is 0 Å². The van der Waals surface area contributed by atoms with Crippen molar-refractivity contribution in [1.82, 2.24) is 4.57 Å². The van der Waals surface area contributed by atoms with Crippen LogP contribution in [-0.2, 0) is 6.42 Å². The van der Waals surface area contributed by atoms with Gasteiger partial charge in [0.05, 0.1) is 5.52 Å². The molecule has 0 saturated heterocycles. The Bertz CT molecular complexity index is 849. The highest BCUT2D eigenvalue weighted by Gasteiger charge is 2.28. The summed E-state index contributed by atoms with van der Waals surface area (Å²) in [4.78, 5) is 11.3. The number of phenols is 1. The van der Waals surface area contributed by atoms with Gasteiger partial charge in [-0.2, -0.15) is 4.91 Å². The van der Waals surface area contributed by atoms with E-state index in [-0.39, 0.29) is 11.8 Å². The van der Waals surface area contributed by atoms with E-state index in [9.17, 15) is 10.0 Å². The predicted octanol–water partition coefficient (Wildman–Crippen LogP) is 4.48. The van der Waals surface area contributed by atoms with Gasteiger partial charge in [0.1, 0.15) is 11.8 Å². The summed E-state index contributed by atoms with van der Waals surface area (Å²) in [6.45, 7) is 0. The van der Waals surface area contributed by atoms with Crippen LogP contribution in [-0.4, -0.2) is 9.67 Å². The lowest BCUT2D eigenvalue weighted by molar-refractivity contribution is 0.475. The van der Waals surface area contributed by atoms with Crippen LogP contribution in [0, 0.1) is 4.91 Å². The zero-order chi connectivity index (χ0) is 15.1. The fourth-order valence-electron chi connectivity index (χ4n) is 3.55. The van der Waals surface area contributed by atoms with Crippen molar-refractivity contribution in [3.63, 3.8) is 0 Å². The lowest BCUT2D eigenvalue weighted by Crippen LogP contribution is -2.10. The quantitative estimate of drug-likeness (QED) is 0.708. The minimum absolute atomic E-state index is 0.251. The maximum Gasteiger partial charge on any atom is 0.119 e. The molecule has 0 fully saturated rings. The van der Waals surface area contributed by atoms with Gasteiger partial charge < -0.3 is 9.67 Å². The molecule has 1 atom stereocenters. The maximum atomic E-state index is 11.3. The van der Waals surface area contributed by atoms with Crippen molar-refractivity contribution in [2.45, 2.75) is 25.3 Å². The van der Waals surface area contributed by atoms with Gasteiger partial charge in [0, 0.05) is 22.3 Å². The maximum absolute atomic E-state index is 11.3. The molecule has 22 heavy (non-hydrogen) atoms. The van der Waals surface area contributed by atoms with Gasteiger partial charge in [0.25, 0.3) is 0 Å². The molecule has 0 radical (unpaired) electrons. The molecule has 4 heteroatoms. The lowest BCUT2D eigenvalue weighted by atomic mass is 9.91. The lowest BCUT2D eigenvalue weighted by Gasteiger charge is -2.19. The predicted molar refractivity (Wildman–Crippen MR) is 86.4 cm³/mol. The Labute approximate surface area is 128 Å². The van der Waals surface area contributed by atoms with Crippen molar-refractivity contribution in [2.75, 3.05) is 0 Å². The summed E-state index contributed by atoms with van der Waals surface area (Å²) in [5.41, 5.74) is 4.34. The fraction of sp³-hybridized carbons (Fsp3) is 0.222. The molecule has 0 amide bonds. The largest absolute Gasteiger partial charge is 0.508 e. The SMILES string of the molecule is O=NC1CCCc2c1c1ccccc1n2-c1ccc(O)cc1. The Balaban J connectivity index is 2.06. The minimum Gasteiger partial charge on any atom is -0.508 e. The molecule has 1 unspecified atom stereocenters. The summed E-state index contributed by atoms with van der Waals surface area (Å²) < 4.78 is 2.20. The van der Waals surface area contributed by atoms with E-state index < -0.39 is 0 Å². The number of hydrogen-bond donors (Lipinski definition) is 1. The first kappa shape index (κ1) is 13.1. The molecule has 110 valence electrons. The third kappa shape index (κ3) is 1.84. The monoisotopic (exact) mass is 292 g/mol. The van der Waals surface area contributed by atoms with E-state index in [2.05, 4.69) is 21.9 Å². The first-order valence-corrected chi connectivity index (χ1v) is 7.53. The van der Waals surface area contributed by atoms with Gasteiger partial charge in [-0.15, -0.1) is 0 Å². The van der Waals surface area contributed by atoms with Crippen LogP contribution in [0.15, 0.2) is 53.7 Å². The summed E-state index contributed by atoms with van der Waals surface area (Å²) in [7, 11) is 0. The van der Waals surface area contributed by atoms with Crippen LogP contribution >= 0.6 is 0 Å². The van der Waals surface area contributed by atoms with Gasteiger partial charge >= 0.3 is 0 Å². The van der Waals surface area contributed by atoms with Crippen molar-refractivity contribution >= 4 is 10.9 Å². The van der Waals surface area contributed by atoms with E-state index >= 15 is 0 Å². The second kappa shape index (κ2) is 4.98. The molecule has 1 aromatic heterocycles. The van der Waals surface area contributed by atoms with Gasteiger partial charge in [0.2, 0.25) is 0 Å². The third-order valence-corrected chi connectivity index (χ3v) is 4.48. The zero-order valence-electron chi connectivity index (χ0n) is 12.1. The standard InChI is InChI=1S/C18H16N2O2/c21-13-10-8-12(9-11-13)20-16-6-2-1-4-14(16)18-15(19-22)5-3-7-17(18)20/h1-2,4,6,8-11,15,21H,3,5,7H2. The third-order valence-electron chi connectivity index (χ3n) is 4.48. The van der Waals surface area contributed by atoms with Gasteiger partial charge in [0.15, 0.2) is 0 Å². The van der Waals surface area contributed by atoms with Crippen molar-refractivity contribution in [1.29, 1.82) is 0 Å². The summed E-state index contributed by atoms with van der Waals surface area (Å²) in [6, 6.07) is 15.1. The second-order valence-electron chi connectivity index (χ2n) is 5.74. The van der Waals surface area contributed by atoms with Gasteiger partial charge in [-0.05, 0) is 49.6 Å². The van der Waals surface area contributed by atoms with Gasteiger partial charge in [-0.1, -0.05) is 23.4 Å². The fourth-order valence-corrected chi connectivity index (χ4v) is 3.55. The van der Waals surface area contributed by atoms with Crippen LogP contribution in [0.25, 0.3) is 16.6 Å². The molecule has 1 heterocycles. The molecular formula is C18H16N2O2. The molecular weight excluding hydrogens is 276 g/mol. The molecule has 0 aliphatic heterocycles. The molecule has 4 rings (SSSR count). The Kier molecular flexibility index (Phi) is 2.96. The molecule has 1 aliphatic rings. The molecule has 0 spiro atoms. The van der Waals surface area contributed by atoms with Crippen LogP contribution in [0.5, 0.6) is 5.75 Å². The number of nitrogens with zero attached hydrogens (tertiary/aromatic N) is 2.